The lowest BCUT2D eigenvalue weighted by Crippen LogP contribution is -2.45. The van der Waals surface area contributed by atoms with Crippen LogP contribution in [-0.4, -0.2) is 44.0 Å². The number of hydrogen-bond donors (Lipinski definition) is 1. The first-order chi connectivity index (χ1) is 10.1. The molecule has 4 rings (SSSR count). The van der Waals surface area contributed by atoms with Crippen LogP contribution < -0.4 is 10.6 Å². The Morgan fingerprint density at radius 1 is 1.29 bits per heavy atom. The van der Waals surface area contributed by atoms with Gasteiger partial charge in [0.25, 0.3) is 0 Å². The third-order valence-electron chi connectivity index (χ3n) is 5.34. The van der Waals surface area contributed by atoms with E-state index in [-0.39, 0.29) is 11.8 Å². The smallest absolute Gasteiger partial charge is 0.225 e. The first-order valence-electron chi connectivity index (χ1n) is 7.62. The number of amides is 1. The van der Waals surface area contributed by atoms with Gasteiger partial charge in [-0.25, -0.2) is 0 Å². The molecule has 0 spiro atoms. The summed E-state index contributed by atoms with van der Waals surface area (Å²) in [6.07, 6.45) is 3.26. The lowest BCUT2D eigenvalue weighted by molar-refractivity contribution is -0.121. The highest BCUT2D eigenvalue weighted by atomic mass is 16.1. The van der Waals surface area contributed by atoms with E-state index in [0.29, 0.717) is 12.0 Å². The second-order valence-corrected chi connectivity index (χ2v) is 6.64. The summed E-state index contributed by atoms with van der Waals surface area (Å²) in [6.45, 7) is 1.84. The van der Waals surface area contributed by atoms with Crippen LogP contribution in [0.4, 0.5) is 5.69 Å². The molecule has 21 heavy (non-hydrogen) atoms. The van der Waals surface area contributed by atoms with Crippen molar-refractivity contribution in [2.45, 2.75) is 18.4 Å². The number of nitrogens with two attached hydrogens (primary N) is 1. The van der Waals surface area contributed by atoms with Gasteiger partial charge in [-0.2, -0.15) is 0 Å². The molecule has 1 aliphatic carbocycles. The van der Waals surface area contributed by atoms with E-state index in [1.54, 1.807) is 0 Å². The molecule has 0 saturated heterocycles. The lowest BCUT2D eigenvalue weighted by Gasteiger charge is -2.41. The monoisotopic (exact) mass is 283 g/mol. The summed E-state index contributed by atoms with van der Waals surface area (Å²) in [4.78, 5) is 16.3. The van der Waals surface area contributed by atoms with Gasteiger partial charge in [-0.1, -0.05) is 18.2 Å². The maximum atomic E-state index is 11.6. The number of primary amides is 1. The number of fused-ring (bicyclic) bond motifs is 2. The van der Waals surface area contributed by atoms with Crippen molar-refractivity contribution in [1.82, 2.24) is 4.90 Å². The molecule has 0 aromatic heterocycles. The van der Waals surface area contributed by atoms with Crippen LogP contribution in [0.15, 0.2) is 24.3 Å². The highest BCUT2D eigenvalue weighted by Gasteiger charge is 2.41. The molecule has 0 bridgehead atoms. The van der Waals surface area contributed by atoms with E-state index >= 15 is 0 Å². The fourth-order valence-corrected chi connectivity index (χ4v) is 4.35. The van der Waals surface area contributed by atoms with Crippen molar-refractivity contribution < 1.29 is 4.79 Å². The molecule has 0 saturated carbocycles. The predicted molar refractivity (Wildman–Crippen MR) is 84.1 cm³/mol. The summed E-state index contributed by atoms with van der Waals surface area (Å²) in [6, 6.07) is 6.96. The van der Waals surface area contributed by atoms with Crippen LogP contribution >= 0.6 is 0 Å². The van der Waals surface area contributed by atoms with Gasteiger partial charge >= 0.3 is 0 Å². The molecule has 3 aliphatic rings. The fraction of sp³-hybridized carbons (Fsp3) is 0.471. The lowest BCUT2D eigenvalue weighted by atomic mass is 9.74. The minimum Gasteiger partial charge on any atom is -0.374 e. The molecule has 110 valence electrons. The normalized spacial score (nSPS) is 30.7. The Balaban J connectivity index is 1.89. The van der Waals surface area contributed by atoms with E-state index in [9.17, 15) is 4.79 Å². The quantitative estimate of drug-likeness (QED) is 0.848. The molecule has 2 heterocycles. The maximum absolute atomic E-state index is 11.6. The van der Waals surface area contributed by atoms with Crippen LogP contribution in [0.1, 0.15) is 23.5 Å². The zero-order valence-corrected chi connectivity index (χ0v) is 12.5. The Morgan fingerprint density at radius 3 is 2.86 bits per heavy atom. The number of anilines is 1. The third kappa shape index (κ3) is 1.75. The number of nitrogens with zero attached hydrogens (tertiary/aromatic N) is 2. The van der Waals surface area contributed by atoms with Gasteiger partial charge in [-0.05, 0) is 36.2 Å². The summed E-state index contributed by atoms with van der Waals surface area (Å²) in [5.74, 6) is 0.211. The number of carbonyl (C=O) groups excluding carboxylic acids is 1. The Hall–Kier alpha value is -1.81. The maximum Gasteiger partial charge on any atom is 0.225 e. The molecule has 4 heteroatoms. The van der Waals surface area contributed by atoms with Crippen molar-refractivity contribution in [2.24, 2.45) is 11.7 Å². The molecule has 4 nitrogen and oxygen atoms in total. The molecule has 2 aliphatic heterocycles. The Morgan fingerprint density at radius 2 is 2.10 bits per heavy atom. The topological polar surface area (TPSA) is 49.6 Å². The van der Waals surface area contributed by atoms with Gasteiger partial charge in [0.15, 0.2) is 0 Å². The van der Waals surface area contributed by atoms with Gasteiger partial charge in [0.05, 0.1) is 5.92 Å². The van der Waals surface area contributed by atoms with Gasteiger partial charge < -0.3 is 10.6 Å². The third-order valence-corrected chi connectivity index (χ3v) is 5.34. The fourth-order valence-electron chi connectivity index (χ4n) is 4.35. The predicted octanol–water partition coefficient (Wildman–Crippen LogP) is 1.42. The SMILES string of the molecule is CN1CC2C[C@@H]3C(=C[C@@H](C(N)=O)CN3C)c3cccc1c32. The number of likely N-dealkylation sites (N-methyl/N-ethyl adjacent to an activating group) is 2. The van der Waals surface area contributed by atoms with Crippen LogP contribution in [0.5, 0.6) is 0 Å². The second kappa shape index (κ2) is 4.34. The highest BCUT2D eigenvalue weighted by molar-refractivity contribution is 5.87. The number of benzene rings is 1. The zero-order valence-electron chi connectivity index (χ0n) is 12.5. The van der Waals surface area contributed by atoms with Crippen molar-refractivity contribution in [3.63, 3.8) is 0 Å². The summed E-state index contributed by atoms with van der Waals surface area (Å²) >= 11 is 0. The molecule has 1 aromatic rings. The highest BCUT2D eigenvalue weighted by Crippen LogP contribution is 2.49. The number of hydrogen-bond acceptors (Lipinski definition) is 3. The molecule has 0 fully saturated rings. The van der Waals surface area contributed by atoms with E-state index in [1.165, 1.54) is 22.4 Å². The minimum atomic E-state index is -0.223. The largest absolute Gasteiger partial charge is 0.374 e. The molecule has 1 amide bonds. The molecule has 3 atom stereocenters. The summed E-state index contributed by atoms with van der Waals surface area (Å²) < 4.78 is 0. The Bertz CT molecular complexity index is 651. The first-order valence-corrected chi connectivity index (χ1v) is 7.62. The first kappa shape index (κ1) is 12.9. The second-order valence-electron chi connectivity index (χ2n) is 6.64. The summed E-state index contributed by atoms with van der Waals surface area (Å²) in [5.41, 5.74) is 11.0. The Labute approximate surface area is 125 Å². The van der Waals surface area contributed by atoms with Gasteiger partial charge in [0.1, 0.15) is 0 Å². The van der Waals surface area contributed by atoms with Crippen LogP contribution in [0.2, 0.25) is 0 Å². The van der Waals surface area contributed by atoms with Crippen molar-refractivity contribution in [3.05, 3.63) is 35.4 Å². The van der Waals surface area contributed by atoms with Gasteiger partial charge in [0, 0.05) is 37.8 Å². The summed E-state index contributed by atoms with van der Waals surface area (Å²) in [5, 5.41) is 0. The van der Waals surface area contributed by atoms with Gasteiger partial charge in [-0.3, -0.25) is 9.69 Å². The van der Waals surface area contributed by atoms with Crippen molar-refractivity contribution in [1.29, 1.82) is 0 Å². The van der Waals surface area contributed by atoms with Crippen LogP contribution in [0.3, 0.4) is 0 Å². The van der Waals surface area contributed by atoms with E-state index in [4.69, 9.17) is 5.73 Å². The average Bonchev–Trinajstić information content (AvgIpc) is 2.78. The molecular weight excluding hydrogens is 262 g/mol. The van der Waals surface area contributed by atoms with Crippen molar-refractivity contribution in [2.75, 3.05) is 32.1 Å². The molecular formula is C17H21N3O. The van der Waals surface area contributed by atoms with E-state index in [1.807, 2.05) is 0 Å². The van der Waals surface area contributed by atoms with Crippen LogP contribution in [0, 0.1) is 5.92 Å². The Kier molecular flexibility index (Phi) is 2.67. The molecule has 1 unspecified atom stereocenters. The number of carbonyl (C=O) groups is 1. The van der Waals surface area contributed by atoms with E-state index in [0.717, 1.165) is 19.5 Å². The zero-order chi connectivity index (χ0) is 14.7. The number of rotatable bonds is 1. The summed E-state index contributed by atoms with van der Waals surface area (Å²) in [7, 11) is 4.28. The molecule has 1 aromatic carbocycles. The standard InChI is InChI=1S/C17H21N3O/c1-19-8-10-7-15-13(6-11(17(18)21)9-20(15)2)12-4-3-5-14(19)16(10)12/h3-6,10-11,15H,7-9H2,1-2H3,(H2,18,21)/t10?,11-,15-/m1/s1. The van der Waals surface area contributed by atoms with Crippen LogP contribution in [0.25, 0.3) is 5.57 Å². The van der Waals surface area contributed by atoms with Gasteiger partial charge in [0.2, 0.25) is 5.91 Å². The molecule has 0 radical (unpaired) electrons. The minimum absolute atomic E-state index is 0.173. The van der Waals surface area contributed by atoms with Crippen molar-refractivity contribution in [3.8, 4) is 0 Å². The molecule has 2 N–H and O–H groups in total. The van der Waals surface area contributed by atoms with E-state index in [2.05, 4.69) is 48.2 Å². The van der Waals surface area contributed by atoms with Gasteiger partial charge in [-0.15, -0.1) is 0 Å². The van der Waals surface area contributed by atoms with Crippen LogP contribution in [-0.2, 0) is 4.79 Å². The average molecular weight is 283 g/mol. The van der Waals surface area contributed by atoms with Crippen molar-refractivity contribution >= 4 is 17.2 Å². The van der Waals surface area contributed by atoms with E-state index < -0.39 is 0 Å².